The molecule has 0 saturated carbocycles. The van der Waals surface area contributed by atoms with Gasteiger partial charge in [0.05, 0.1) is 27.5 Å². The lowest BCUT2D eigenvalue weighted by molar-refractivity contribution is 0.440. The molecule has 0 saturated heterocycles. The Morgan fingerprint density at radius 1 is 1.08 bits per heavy atom. The molecule has 0 bridgehead atoms. The highest BCUT2D eigenvalue weighted by Gasteiger charge is 2.37. The highest BCUT2D eigenvalue weighted by molar-refractivity contribution is 7.91. The van der Waals surface area contributed by atoms with Crippen LogP contribution in [-0.2, 0) is 33.4 Å². The molecule has 1 N–H and O–H groups in total. The Morgan fingerprint density at radius 3 is 2.55 bits per heavy atom. The number of nitrogens with one attached hydrogen (secondary N) is 1. The first kappa shape index (κ1) is 26.5. The molecule has 0 fully saturated rings. The maximum absolute atomic E-state index is 14.0. The van der Waals surface area contributed by atoms with Gasteiger partial charge in [-0.2, -0.15) is 0 Å². The van der Waals surface area contributed by atoms with E-state index in [-0.39, 0.29) is 34.1 Å². The van der Waals surface area contributed by atoms with E-state index in [1.807, 2.05) is 0 Å². The second-order valence-corrected chi connectivity index (χ2v) is 12.4. The fourth-order valence-electron chi connectivity index (χ4n) is 3.78. The summed E-state index contributed by atoms with van der Waals surface area (Å²) in [6.07, 6.45) is 0. The molecule has 196 valence electrons. The Hall–Kier alpha value is -3.07. The number of nitrogens with zero attached hydrogens (tertiary/aromatic N) is 3. The molecule has 9 nitrogen and oxygen atoms in total. The summed E-state index contributed by atoms with van der Waals surface area (Å²) in [6, 6.07) is 18.4. The van der Waals surface area contributed by atoms with Gasteiger partial charge in [-0.05, 0) is 41.0 Å². The van der Waals surface area contributed by atoms with Crippen LogP contribution in [0.15, 0.2) is 71.1 Å². The average molecular weight is 592 g/mol. The standard InChI is InChI=1S/C24H18ClFN4O5S3/c25-17-8-6-15(10-18(17)26)16-7-9-19-20(11-16)36-24(28-19)22(23-30-29-21(35-23)12-27-37(31)32)38(33,34)13-14-4-2-1-3-5-14/h1-11,22,27H,12-13H2,(H,31,32)/p-1. The first-order chi connectivity index (χ1) is 18.2. The van der Waals surface area contributed by atoms with Crippen molar-refractivity contribution in [3.05, 3.63) is 99.9 Å². The van der Waals surface area contributed by atoms with E-state index in [4.69, 9.17) is 16.0 Å². The van der Waals surface area contributed by atoms with Gasteiger partial charge in [0.1, 0.15) is 10.8 Å². The summed E-state index contributed by atoms with van der Waals surface area (Å²) < 4.78 is 71.4. The van der Waals surface area contributed by atoms with Crippen molar-refractivity contribution < 1.29 is 26.0 Å². The molecule has 2 atom stereocenters. The number of aromatic nitrogens is 3. The zero-order chi connectivity index (χ0) is 26.9. The van der Waals surface area contributed by atoms with Crippen molar-refractivity contribution in [2.24, 2.45) is 0 Å². The number of hydrogen-bond acceptors (Lipinski definition) is 9. The third-order valence-electron chi connectivity index (χ3n) is 5.50. The average Bonchev–Trinajstić information content (AvgIpc) is 3.51. The van der Waals surface area contributed by atoms with Gasteiger partial charge in [0.2, 0.25) is 11.8 Å². The van der Waals surface area contributed by atoms with Crippen LogP contribution in [0.3, 0.4) is 0 Å². The van der Waals surface area contributed by atoms with E-state index in [0.717, 1.165) is 11.3 Å². The predicted molar refractivity (Wildman–Crippen MR) is 141 cm³/mol. The van der Waals surface area contributed by atoms with Gasteiger partial charge in [-0.15, -0.1) is 21.5 Å². The van der Waals surface area contributed by atoms with Crippen LogP contribution in [0.25, 0.3) is 21.3 Å². The van der Waals surface area contributed by atoms with Crippen LogP contribution in [0, 0.1) is 5.82 Å². The van der Waals surface area contributed by atoms with E-state index in [2.05, 4.69) is 19.9 Å². The van der Waals surface area contributed by atoms with Crippen molar-refractivity contribution in [2.45, 2.75) is 17.5 Å². The van der Waals surface area contributed by atoms with Crippen LogP contribution in [-0.4, -0.2) is 32.4 Å². The Bertz CT molecular complexity index is 1740. The largest absolute Gasteiger partial charge is 0.760 e. The molecule has 2 aromatic heterocycles. The number of halogens is 2. The molecule has 38 heavy (non-hydrogen) atoms. The monoisotopic (exact) mass is 591 g/mol. The number of hydrogen-bond donors (Lipinski definition) is 1. The van der Waals surface area contributed by atoms with Crippen LogP contribution in [0.4, 0.5) is 4.39 Å². The number of benzene rings is 3. The highest BCUT2D eigenvalue weighted by Crippen LogP contribution is 2.38. The molecule has 0 radical (unpaired) electrons. The minimum absolute atomic E-state index is 0.0111. The quantitative estimate of drug-likeness (QED) is 0.243. The molecule has 0 aliphatic heterocycles. The summed E-state index contributed by atoms with van der Waals surface area (Å²) in [4.78, 5) is 4.55. The number of sulfone groups is 1. The second kappa shape index (κ2) is 11.0. The van der Waals surface area contributed by atoms with Gasteiger partial charge in [0.15, 0.2) is 15.1 Å². The summed E-state index contributed by atoms with van der Waals surface area (Å²) in [7, 11) is -3.97. The van der Waals surface area contributed by atoms with E-state index < -0.39 is 32.2 Å². The fraction of sp³-hybridized carbons (Fsp3) is 0.125. The Morgan fingerprint density at radius 2 is 1.82 bits per heavy atom. The first-order valence-corrected chi connectivity index (χ1v) is 14.9. The summed E-state index contributed by atoms with van der Waals surface area (Å²) in [5, 5.41) is 6.52. The van der Waals surface area contributed by atoms with Crippen molar-refractivity contribution in [1.82, 2.24) is 19.9 Å². The van der Waals surface area contributed by atoms with Crippen LogP contribution < -0.4 is 4.72 Å². The van der Waals surface area contributed by atoms with Crippen molar-refractivity contribution in [1.29, 1.82) is 0 Å². The van der Waals surface area contributed by atoms with Crippen molar-refractivity contribution in [3.8, 4) is 11.1 Å². The number of fused-ring (bicyclic) bond motifs is 1. The number of thiazole rings is 1. The van der Waals surface area contributed by atoms with E-state index in [1.54, 1.807) is 54.6 Å². The van der Waals surface area contributed by atoms with Gasteiger partial charge in [0, 0.05) is 11.3 Å². The second-order valence-electron chi connectivity index (χ2n) is 8.13. The lowest BCUT2D eigenvalue weighted by atomic mass is 10.1. The lowest BCUT2D eigenvalue weighted by Crippen LogP contribution is -2.17. The van der Waals surface area contributed by atoms with Crippen LogP contribution in [0.1, 0.15) is 27.6 Å². The van der Waals surface area contributed by atoms with Gasteiger partial charge < -0.3 is 8.97 Å². The number of rotatable bonds is 9. The molecular weight excluding hydrogens is 575 g/mol. The summed E-state index contributed by atoms with van der Waals surface area (Å²) in [5.74, 6) is -1.20. The zero-order valence-corrected chi connectivity index (χ0v) is 22.4. The first-order valence-electron chi connectivity index (χ1n) is 11.0. The third kappa shape index (κ3) is 5.82. The van der Waals surface area contributed by atoms with E-state index in [0.29, 0.717) is 26.9 Å². The molecule has 14 heteroatoms. The molecule has 0 amide bonds. The molecule has 0 aliphatic rings. The van der Waals surface area contributed by atoms with Gasteiger partial charge in [-0.25, -0.2) is 22.5 Å². The topological polar surface area (TPSA) is 138 Å². The minimum atomic E-state index is -3.97. The van der Waals surface area contributed by atoms with Gasteiger partial charge in [-0.1, -0.05) is 54.1 Å². The molecule has 0 aliphatic carbocycles. The van der Waals surface area contributed by atoms with E-state index in [1.165, 1.54) is 12.1 Å². The Balaban J connectivity index is 1.56. The van der Waals surface area contributed by atoms with Gasteiger partial charge in [-0.3, -0.25) is 4.21 Å². The SMILES string of the molecule is O=S([O-])NCc1nnc(C(c2nc3ccc(-c4ccc(Cl)c(F)c4)cc3s2)S(=O)(=O)Cc2ccccc2)o1. The van der Waals surface area contributed by atoms with Gasteiger partial charge >= 0.3 is 0 Å². The van der Waals surface area contributed by atoms with Crippen LogP contribution in [0.5, 0.6) is 0 Å². The zero-order valence-electron chi connectivity index (χ0n) is 19.2. The maximum Gasteiger partial charge on any atom is 0.241 e. The third-order valence-corrected chi connectivity index (χ3v) is 9.30. The highest BCUT2D eigenvalue weighted by atomic mass is 35.5. The molecule has 0 spiro atoms. The molecule has 2 unspecified atom stereocenters. The van der Waals surface area contributed by atoms with E-state index in [9.17, 15) is 21.6 Å². The molecule has 5 aromatic rings. The van der Waals surface area contributed by atoms with Crippen molar-refractivity contribution >= 4 is 54.3 Å². The van der Waals surface area contributed by atoms with Crippen molar-refractivity contribution in [3.63, 3.8) is 0 Å². The molecule has 3 aromatic carbocycles. The summed E-state index contributed by atoms with van der Waals surface area (Å²) in [6.45, 7) is -0.296. The maximum atomic E-state index is 14.0. The Kier molecular flexibility index (Phi) is 7.66. The Labute approximate surface area is 228 Å². The molecular formula is C24H17ClFN4O5S3-. The summed E-state index contributed by atoms with van der Waals surface area (Å²) >= 11 is 4.37. The van der Waals surface area contributed by atoms with Gasteiger partial charge in [0.25, 0.3) is 0 Å². The van der Waals surface area contributed by atoms with Crippen LogP contribution in [0.2, 0.25) is 5.02 Å². The fourth-order valence-corrected chi connectivity index (χ4v) is 7.29. The lowest BCUT2D eigenvalue weighted by Gasteiger charge is -2.12. The predicted octanol–water partition coefficient (Wildman–Crippen LogP) is 4.73. The van der Waals surface area contributed by atoms with E-state index >= 15 is 0 Å². The normalized spacial score (nSPS) is 13.6. The van der Waals surface area contributed by atoms with Crippen molar-refractivity contribution in [2.75, 3.05) is 0 Å². The summed E-state index contributed by atoms with van der Waals surface area (Å²) in [5.41, 5.74) is 2.39. The van der Waals surface area contributed by atoms with Crippen LogP contribution >= 0.6 is 22.9 Å². The minimum Gasteiger partial charge on any atom is -0.760 e. The smallest absolute Gasteiger partial charge is 0.241 e. The molecule has 5 rings (SSSR count). The molecule has 2 heterocycles.